The lowest BCUT2D eigenvalue weighted by atomic mass is 10.1. The van der Waals surface area contributed by atoms with Gasteiger partial charge in [0.1, 0.15) is 11.6 Å². The number of rotatable bonds is 5. The van der Waals surface area contributed by atoms with E-state index in [1.165, 1.54) is 5.56 Å². The minimum absolute atomic E-state index is 0.0100. The van der Waals surface area contributed by atoms with Crippen LogP contribution in [0.5, 0.6) is 0 Å². The van der Waals surface area contributed by atoms with E-state index in [0.29, 0.717) is 13.0 Å². The standard InChI is InChI=1S/C23H24N4O/c1-4-20(28)26-23-21(22-24-18-12-8-9-13-19(18)25-22)15(2)16(3)27(23)14-17-10-6-5-7-11-17/h5-13H,4,14H2,1-3H3,(H,24,25)(H,26,28). The molecule has 4 aromatic rings. The van der Waals surface area contributed by atoms with Crippen molar-refractivity contribution in [1.82, 2.24) is 14.5 Å². The molecule has 0 aliphatic heterocycles. The van der Waals surface area contributed by atoms with Crippen LogP contribution in [0, 0.1) is 13.8 Å². The summed E-state index contributed by atoms with van der Waals surface area (Å²) in [5.41, 5.74) is 6.26. The molecule has 2 heterocycles. The Hall–Kier alpha value is -3.34. The average Bonchev–Trinajstić information content (AvgIpc) is 3.23. The first-order valence-electron chi connectivity index (χ1n) is 9.57. The van der Waals surface area contributed by atoms with Crippen molar-refractivity contribution >= 4 is 22.8 Å². The van der Waals surface area contributed by atoms with Gasteiger partial charge in [0, 0.05) is 18.7 Å². The molecule has 0 bridgehead atoms. The van der Waals surface area contributed by atoms with Crippen LogP contribution in [0.15, 0.2) is 54.6 Å². The number of para-hydroxylation sites is 2. The maximum Gasteiger partial charge on any atom is 0.225 e. The summed E-state index contributed by atoms with van der Waals surface area (Å²) in [6, 6.07) is 18.2. The van der Waals surface area contributed by atoms with Crippen molar-refractivity contribution in [2.24, 2.45) is 0 Å². The van der Waals surface area contributed by atoms with Gasteiger partial charge >= 0.3 is 0 Å². The largest absolute Gasteiger partial charge is 0.338 e. The third kappa shape index (κ3) is 3.20. The molecule has 0 atom stereocenters. The second kappa shape index (κ2) is 7.35. The van der Waals surface area contributed by atoms with Crippen LogP contribution >= 0.6 is 0 Å². The predicted octanol–water partition coefficient (Wildman–Crippen LogP) is 5.05. The number of hydrogen-bond acceptors (Lipinski definition) is 2. The van der Waals surface area contributed by atoms with Gasteiger partial charge in [-0.2, -0.15) is 0 Å². The van der Waals surface area contributed by atoms with Crippen LogP contribution in [0.4, 0.5) is 5.82 Å². The maximum atomic E-state index is 12.3. The van der Waals surface area contributed by atoms with Gasteiger partial charge in [0.05, 0.1) is 16.6 Å². The molecule has 0 unspecified atom stereocenters. The third-order valence-electron chi connectivity index (χ3n) is 5.22. The topological polar surface area (TPSA) is 62.7 Å². The zero-order valence-corrected chi connectivity index (χ0v) is 16.4. The van der Waals surface area contributed by atoms with E-state index in [1.54, 1.807) is 0 Å². The first-order valence-corrected chi connectivity index (χ1v) is 9.57. The van der Waals surface area contributed by atoms with E-state index in [4.69, 9.17) is 4.98 Å². The van der Waals surface area contributed by atoms with E-state index in [-0.39, 0.29) is 5.91 Å². The number of imidazole rings is 1. The molecule has 0 aliphatic carbocycles. The van der Waals surface area contributed by atoms with Crippen LogP contribution in [-0.4, -0.2) is 20.4 Å². The van der Waals surface area contributed by atoms with Crippen molar-refractivity contribution in [2.45, 2.75) is 33.7 Å². The van der Waals surface area contributed by atoms with E-state index in [2.05, 4.69) is 40.8 Å². The molecule has 5 heteroatoms. The lowest BCUT2D eigenvalue weighted by Gasteiger charge is -2.13. The van der Waals surface area contributed by atoms with Crippen LogP contribution in [0.2, 0.25) is 0 Å². The second-order valence-corrected chi connectivity index (χ2v) is 7.01. The summed E-state index contributed by atoms with van der Waals surface area (Å²) in [6.07, 6.45) is 0.425. The molecule has 28 heavy (non-hydrogen) atoms. The number of anilines is 1. The van der Waals surface area contributed by atoms with Gasteiger partial charge in [-0.3, -0.25) is 4.79 Å². The smallest absolute Gasteiger partial charge is 0.225 e. The number of benzene rings is 2. The highest BCUT2D eigenvalue weighted by Crippen LogP contribution is 2.36. The maximum absolute atomic E-state index is 12.3. The Balaban J connectivity index is 1.89. The van der Waals surface area contributed by atoms with E-state index >= 15 is 0 Å². The Kier molecular flexibility index (Phi) is 4.74. The first-order chi connectivity index (χ1) is 13.6. The SMILES string of the molecule is CCC(=O)Nc1c(-c2nc3ccccc3[nH]2)c(C)c(C)n1Cc1ccccc1. The van der Waals surface area contributed by atoms with Crippen molar-refractivity contribution in [1.29, 1.82) is 0 Å². The van der Waals surface area contributed by atoms with Gasteiger partial charge in [0.25, 0.3) is 0 Å². The number of amides is 1. The molecule has 2 aromatic carbocycles. The minimum Gasteiger partial charge on any atom is -0.338 e. The first kappa shape index (κ1) is 18.0. The molecule has 4 rings (SSSR count). The minimum atomic E-state index is -0.0100. The van der Waals surface area contributed by atoms with Crippen molar-refractivity contribution < 1.29 is 4.79 Å². The zero-order chi connectivity index (χ0) is 19.7. The van der Waals surface area contributed by atoms with Crippen molar-refractivity contribution in [3.8, 4) is 11.4 Å². The summed E-state index contributed by atoms with van der Waals surface area (Å²) in [4.78, 5) is 20.5. The van der Waals surface area contributed by atoms with Gasteiger partial charge in [-0.25, -0.2) is 4.98 Å². The number of fused-ring (bicyclic) bond motifs is 1. The second-order valence-electron chi connectivity index (χ2n) is 7.01. The molecule has 0 spiro atoms. The highest BCUT2D eigenvalue weighted by atomic mass is 16.1. The molecule has 0 radical (unpaired) electrons. The van der Waals surface area contributed by atoms with Gasteiger partial charge in [0.15, 0.2) is 0 Å². The van der Waals surface area contributed by atoms with Crippen molar-refractivity contribution in [2.75, 3.05) is 5.32 Å². The van der Waals surface area contributed by atoms with Gasteiger partial charge < -0.3 is 14.9 Å². The van der Waals surface area contributed by atoms with Crippen LogP contribution in [0.25, 0.3) is 22.4 Å². The van der Waals surface area contributed by atoms with Crippen molar-refractivity contribution in [3.63, 3.8) is 0 Å². The highest BCUT2D eigenvalue weighted by molar-refractivity contribution is 5.95. The molecule has 2 aromatic heterocycles. The Morgan fingerprint density at radius 3 is 2.50 bits per heavy atom. The van der Waals surface area contributed by atoms with E-state index in [9.17, 15) is 4.79 Å². The number of H-pyrrole nitrogens is 1. The van der Waals surface area contributed by atoms with E-state index in [1.807, 2.05) is 49.4 Å². The molecule has 2 N–H and O–H groups in total. The number of nitrogens with zero attached hydrogens (tertiary/aromatic N) is 2. The predicted molar refractivity (Wildman–Crippen MR) is 113 cm³/mol. The Morgan fingerprint density at radius 1 is 1.07 bits per heavy atom. The van der Waals surface area contributed by atoms with Crippen molar-refractivity contribution in [3.05, 3.63) is 71.4 Å². The van der Waals surface area contributed by atoms with E-state index < -0.39 is 0 Å². The van der Waals surface area contributed by atoms with Gasteiger partial charge in [0.2, 0.25) is 5.91 Å². The van der Waals surface area contributed by atoms with Crippen LogP contribution < -0.4 is 5.32 Å². The molecule has 0 aliphatic rings. The monoisotopic (exact) mass is 372 g/mol. The summed E-state index contributed by atoms with van der Waals surface area (Å²) in [5, 5.41) is 3.12. The number of nitrogens with one attached hydrogen (secondary N) is 2. The van der Waals surface area contributed by atoms with Crippen LogP contribution in [-0.2, 0) is 11.3 Å². The normalized spacial score (nSPS) is 11.1. The number of aromatic nitrogens is 3. The molecule has 0 saturated heterocycles. The number of carbonyl (C=O) groups is 1. The Morgan fingerprint density at radius 2 is 1.79 bits per heavy atom. The Labute approximate surface area is 164 Å². The summed E-state index contributed by atoms with van der Waals surface area (Å²) >= 11 is 0. The number of carbonyl (C=O) groups excluding carboxylic acids is 1. The Bertz CT molecular complexity index is 1110. The summed E-state index contributed by atoms with van der Waals surface area (Å²) < 4.78 is 2.17. The molecular formula is C23H24N4O. The van der Waals surface area contributed by atoms with E-state index in [0.717, 1.165) is 39.5 Å². The van der Waals surface area contributed by atoms with Gasteiger partial charge in [-0.05, 0) is 37.1 Å². The van der Waals surface area contributed by atoms with Crippen LogP contribution in [0.3, 0.4) is 0 Å². The van der Waals surface area contributed by atoms with Gasteiger partial charge in [-0.15, -0.1) is 0 Å². The molecule has 0 saturated carbocycles. The zero-order valence-electron chi connectivity index (χ0n) is 16.4. The molecular weight excluding hydrogens is 348 g/mol. The average molecular weight is 372 g/mol. The summed E-state index contributed by atoms with van der Waals surface area (Å²) in [7, 11) is 0. The fourth-order valence-electron chi connectivity index (χ4n) is 3.54. The summed E-state index contributed by atoms with van der Waals surface area (Å²) in [5.74, 6) is 1.56. The quantitative estimate of drug-likeness (QED) is 0.515. The molecule has 0 fully saturated rings. The molecule has 1 amide bonds. The highest BCUT2D eigenvalue weighted by Gasteiger charge is 2.23. The lowest BCUT2D eigenvalue weighted by Crippen LogP contribution is -2.15. The molecule has 5 nitrogen and oxygen atoms in total. The number of hydrogen-bond donors (Lipinski definition) is 2. The fourth-order valence-corrected chi connectivity index (χ4v) is 3.54. The third-order valence-corrected chi connectivity index (χ3v) is 5.22. The summed E-state index contributed by atoms with van der Waals surface area (Å²) in [6.45, 7) is 6.72. The number of aromatic amines is 1. The van der Waals surface area contributed by atoms with Gasteiger partial charge in [-0.1, -0.05) is 49.4 Å². The lowest BCUT2D eigenvalue weighted by molar-refractivity contribution is -0.115. The fraction of sp³-hybridized carbons (Fsp3) is 0.217. The molecule has 142 valence electrons. The van der Waals surface area contributed by atoms with Crippen LogP contribution in [0.1, 0.15) is 30.2 Å².